The number of esters is 3. The van der Waals surface area contributed by atoms with Gasteiger partial charge in [-0.1, -0.05) is 228 Å². The molecule has 0 aromatic carbocycles. The van der Waals surface area contributed by atoms with E-state index < -0.39 is 6.10 Å². The van der Waals surface area contributed by atoms with E-state index >= 15 is 0 Å². The molecule has 0 aromatic rings. The van der Waals surface area contributed by atoms with Gasteiger partial charge in [0, 0.05) is 19.3 Å². The number of unbranched alkanes of at least 4 members (excludes halogenated alkanes) is 25. The molecule has 6 heteroatoms. The molecule has 0 amide bonds. The highest BCUT2D eigenvalue weighted by Crippen LogP contribution is 2.18. The van der Waals surface area contributed by atoms with Gasteiger partial charge >= 0.3 is 17.9 Å². The van der Waals surface area contributed by atoms with Crippen LogP contribution in [-0.2, 0) is 28.6 Å². The van der Waals surface area contributed by atoms with Crippen LogP contribution in [0.1, 0.15) is 266 Å². The Balaban J connectivity index is 4.34. The molecule has 0 aromatic heterocycles. The lowest BCUT2D eigenvalue weighted by Gasteiger charge is -2.18. The highest BCUT2D eigenvalue weighted by atomic mass is 16.6. The lowest BCUT2D eigenvalue weighted by atomic mass is 9.99. The van der Waals surface area contributed by atoms with Gasteiger partial charge in [-0.2, -0.15) is 0 Å². The molecule has 0 saturated carbocycles. The summed E-state index contributed by atoms with van der Waals surface area (Å²) >= 11 is 0. The molecule has 0 spiro atoms. The minimum atomic E-state index is -0.762. The first-order valence-electron chi connectivity index (χ1n) is 24.6. The van der Waals surface area contributed by atoms with E-state index in [0.29, 0.717) is 19.3 Å². The van der Waals surface area contributed by atoms with Crippen LogP contribution in [0.4, 0.5) is 0 Å². The second-order valence-corrected chi connectivity index (χ2v) is 18.3. The first kappa shape index (κ1) is 54.4. The van der Waals surface area contributed by atoms with Crippen molar-refractivity contribution in [3.63, 3.8) is 0 Å². The van der Waals surface area contributed by atoms with Crippen molar-refractivity contribution in [2.45, 2.75) is 272 Å². The average molecular weight is 793 g/mol. The van der Waals surface area contributed by atoms with Crippen molar-refractivity contribution >= 4 is 17.9 Å². The molecule has 0 fully saturated rings. The van der Waals surface area contributed by atoms with Crippen LogP contribution in [-0.4, -0.2) is 37.2 Å². The van der Waals surface area contributed by atoms with Crippen LogP contribution in [0, 0.1) is 17.8 Å². The Kier molecular flexibility index (Phi) is 40.4. The van der Waals surface area contributed by atoms with Crippen LogP contribution >= 0.6 is 0 Å². The summed E-state index contributed by atoms with van der Waals surface area (Å²) in [4.78, 5) is 37.8. The standard InChI is InChI=1S/C50H96O6/c1-7-46(6)38-32-26-20-16-17-23-29-35-41-50(53)56-47(43-55-49(52)40-34-28-22-15-11-13-19-25-31-37-45(4)5)42-54-48(51)39-33-27-21-14-10-8-9-12-18-24-30-36-44(2)3/h44-47H,7-43H2,1-6H3/t46?,47-/m0/s1. The zero-order valence-electron chi connectivity index (χ0n) is 38.4. The molecule has 6 nitrogen and oxygen atoms in total. The third kappa shape index (κ3) is 42.0. The molecule has 332 valence electrons. The van der Waals surface area contributed by atoms with Crippen LogP contribution < -0.4 is 0 Å². The quantitative estimate of drug-likeness (QED) is 0.0348. The predicted molar refractivity (Wildman–Crippen MR) is 238 cm³/mol. The number of ether oxygens (including phenoxy) is 3. The Bertz CT molecular complexity index is 870. The van der Waals surface area contributed by atoms with E-state index in [-0.39, 0.29) is 31.1 Å². The molecule has 0 N–H and O–H groups in total. The Morgan fingerprint density at radius 1 is 0.357 bits per heavy atom. The van der Waals surface area contributed by atoms with E-state index in [1.165, 1.54) is 148 Å². The first-order chi connectivity index (χ1) is 27.1. The fourth-order valence-corrected chi connectivity index (χ4v) is 7.38. The zero-order valence-corrected chi connectivity index (χ0v) is 38.4. The van der Waals surface area contributed by atoms with Crippen molar-refractivity contribution in [3.05, 3.63) is 0 Å². The van der Waals surface area contributed by atoms with Gasteiger partial charge < -0.3 is 14.2 Å². The molecular formula is C50H96O6. The highest BCUT2D eigenvalue weighted by molar-refractivity contribution is 5.71. The largest absolute Gasteiger partial charge is 0.462 e. The number of carbonyl (C=O) groups excluding carboxylic acids is 3. The molecule has 0 aliphatic rings. The summed E-state index contributed by atoms with van der Waals surface area (Å²) in [6, 6.07) is 0. The second-order valence-electron chi connectivity index (χ2n) is 18.3. The monoisotopic (exact) mass is 793 g/mol. The smallest absolute Gasteiger partial charge is 0.306 e. The summed E-state index contributed by atoms with van der Waals surface area (Å²) in [5.41, 5.74) is 0. The van der Waals surface area contributed by atoms with Gasteiger partial charge in [0.05, 0.1) is 0 Å². The van der Waals surface area contributed by atoms with Crippen molar-refractivity contribution in [1.29, 1.82) is 0 Å². The maximum absolute atomic E-state index is 12.7. The van der Waals surface area contributed by atoms with Crippen molar-refractivity contribution in [1.82, 2.24) is 0 Å². The Morgan fingerprint density at radius 2 is 0.625 bits per heavy atom. The van der Waals surface area contributed by atoms with E-state index in [2.05, 4.69) is 41.5 Å². The minimum absolute atomic E-state index is 0.0656. The van der Waals surface area contributed by atoms with Crippen LogP contribution in [0.3, 0.4) is 0 Å². The number of rotatable bonds is 43. The molecule has 0 radical (unpaired) electrons. The fourth-order valence-electron chi connectivity index (χ4n) is 7.38. The van der Waals surface area contributed by atoms with Crippen LogP contribution in [0.25, 0.3) is 0 Å². The normalized spacial score (nSPS) is 12.6. The molecule has 0 saturated heterocycles. The first-order valence-corrected chi connectivity index (χ1v) is 24.6. The summed E-state index contributed by atoms with van der Waals surface area (Å²) in [5.74, 6) is 1.62. The number of hydrogen-bond acceptors (Lipinski definition) is 6. The van der Waals surface area contributed by atoms with E-state index in [0.717, 1.165) is 75.5 Å². The molecule has 0 aliphatic heterocycles. The van der Waals surface area contributed by atoms with Gasteiger partial charge in [0.15, 0.2) is 6.10 Å². The summed E-state index contributed by atoms with van der Waals surface area (Å²) in [5, 5.41) is 0. The summed E-state index contributed by atoms with van der Waals surface area (Å²) in [6.45, 7) is 13.7. The summed E-state index contributed by atoms with van der Waals surface area (Å²) in [7, 11) is 0. The van der Waals surface area contributed by atoms with Gasteiger partial charge in [-0.05, 0) is 37.0 Å². The Hall–Kier alpha value is -1.59. The van der Waals surface area contributed by atoms with E-state index in [1.54, 1.807) is 0 Å². The third-order valence-corrected chi connectivity index (χ3v) is 11.5. The average Bonchev–Trinajstić information content (AvgIpc) is 3.16. The summed E-state index contributed by atoms with van der Waals surface area (Å²) < 4.78 is 16.8. The molecule has 1 unspecified atom stereocenters. The van der Waals surface area contributed by atoms with Crippen LogP contribution in [0.5, 0.6) is 0 Å². The summed E-state index contributed by atoms with van der Waals surface area (Å²) in [6.07, 6.45) is 39.4. The fraction of sp³-hybridized carbons (Fsp3) is 0.940. The molecule has 2 atom stereocenters. The van der Waals surface area contributed by atoms with Crippen LogP contribution in [0.15, 0.2) is 0 Å². The van der Waals surface area contributed by atoms with Gasteiger partial charge in [0.2, 0.25) is 0 Å². The van der Waals surface area contributed by atoms with Crippen molar-refractivity contribution in [2.24, 2.45) is 17.8 Å². The topological polar surface area (TPSA) is 78.9 Å². The Morgan fingerprint density at radius 3 is 0.929 bits per heavy atom. The van der Waals surface area contributed by atoms with E-state index in [1.807, 2.05) is 0 Å². The maximum atomic E-state index is 12.7. The van der Waals surface area contributed by atoms with Crippen molar-refractivity contribution in [3.8, 4) is 0 Å². The molecule has 56 heavy (non-hydrogen) atoms. The third-order valence-electron chi connectivity index (χ3n) is 11.5. The number of carbonyl (C=O) groups is 3. The minimum Gasteiger partial charge on any atom is -0.462 e. The molecule has 0 rings (SSSR count). The van der Waals surface area contributed by atoms with Crippen molar-refractivity contribution < 1.29 is 28.6 Å². The highest BCUT2D eigenvalue weighted by Gasteiger charge is 2.19. The van der Waals surface area contributed by atoms with Crippen molar-refractivity contribution in [2.75, 3.05) is 13.2 Å². The molecular weight excluding hydrogens is 697 g/mol. The van der Waals surface area contributed by atoms with Gasteiger partial charge in [-0.3, -0.25) is 14.4 Å². The molecule has 0 bridgehead atoms. The predicted octanol–water partition coefficient (Wildman–Crippen LogP) is 15.6. The Labute approximate surface area is 348 Å². The van der Waals surface area contributed by atoms with Gasteiger partial charge in [0.25, 0.3) is 0 Å². The lowest BCUT2D eigenvalue weighted by Crippen LogP contribution is -2.30. The van der Waals surface area contributed by atoms with Gasteiger partial charge in [-0.25, -0.2) is 0 Å². The van der Waals surface area contributed by atoms with Gasteiger partial charge in [0.1, 0.15) is 13.2 Å². The number of hydrogen-bond donors (Lipinski definition) is 0. The second kappa shape index (κ2) is 41.6. The maximum Gasteiger partial charge on any atom is 0.306 e. The SMILES string of the molecule is CCC(C)CCCCCCCCCCC(=O)O[C@@H](COC(=O)CCCCCCCCCCCCCC(C)C)COC(=O)CCCCCCCCCCCC(C)C. The lowest BCUT2D eigenvalue weighted by molar-refractivity contribution is -0.167. The van der Waals surface area contributed by atoms with E-state index in [9.17, 15) is 14.4 Å². The zero-order chi connectivity index (χ0) is 41.3. The van der Waals surface area contributed by atoms with Gasteiger partial charge in [-0.15, -0.1) is 0 Å². The molecule has 0 aliphatic carbocycles. The molecule has 0 heterocycles. The van der Waals surface area contributed by atoms with E-state index in [4.69, 9.17) is 14.2 Å². The van der Waals surface area contributed by atoms with Crippen LogP contribution in [0.2, 0.25) is 0 Å².